The summed E-state index contributed by atoms with van der Waals surface area (Å²) in [5, 5.41) is 2.61. The van der Waals surface area contributed by atoms with Crippen LogP contribution in [0.4, 0.5) is 0 Å². The fourth-order valence-electron chi connectivity index (χ4n) is 1.27. The van der Waals surface area contributed by atoms with E-state index >= 15 is 0 Å². The lowest BCUT2D eigenvalue weighted by molar-refractivity contribution is -0.122. The van der Waals surface area contributed by atoms with Gasteiger partial charge < -0.3 is 5.32 Å². The van der Waals surface area contributed by atoms with Crippen LogP contribution in [0.1, 0.15) is 19.3 Å². The Kier molecular flexibility index (Phi) is 2.38. The van der Waals surface area contributed by atoms with E-state index in [0.29, 0.717) is 0 Å². The van der Waals surface area contributed by atoms with Gasteiger partial charge in [0.15, 0.2) is 0 Å². The minimum Gasteiger partial charge on any atom is -0.359 e. The van der Waals surface area contributed by atoms with Gasteiger partial charge >= 0.3 is 0 Å². The number of carbonyl (C=O) groups is 1. The second-order valence-electron chi connectivity index (χ2n) is 2.53. The van der Waals surface area contributed by atoms with Crippen molar-refractivity contribution >= 4 is 23.0 Å². The molecule has 1 atom stereocenters. The lowest BCUT2D eigenvalue weighted by Gasteiger charge is -2.05. The van der Waals surface area contributed by atoms with Crippen molar-refractivity contribution in [1.82, 2.24) is 5.32 Å². The third-order valence-corrected chi connectivity index (χ3v) is 2.36. The summed E-state index contributed by atoms with van der Waals surface area (Å²) in [7, 11) is 1.66. The van der Waals surface area contributed by atoms with E-state index in [2.05, 4.69) is 5.32 Å². The summed E-state index contributed by atoms with van der Waals surface area (Å²) in [6, 6.07) is 0. The third-order valence-electron chi connectivity index (χ3n) is 1.87. The van der Waals surface area contributed by atoms with Crippen LogP contribution in [-0.4, -0.2) is 17.8 Å². The normalized spacial score (nSPS) is 24.9. The molecule has 0 radical (unpaired) electrons. The summed E-state index contributed by atoms with van der Waals surface area (Å²) in [6.45, 7) is 0. The maximum absolute atomic E-state index is 11.0. The zero-order chi connectivity index (χ0) is 7.56. The monoisotopic (exact) mass is 157 g/mol. The first kappa shape index (κ1) is 7.66. The molecule has 1 fully saturated rings. The van der Waals surface area contributed by atoms with Gasteiger partial charge in [-0.05, 0) is 19.3 Å². The Morgan fingerprint density at radius 1 is 1.80 bits per heavy atom. The molecule has 1 aliphatic rings. The van der Waals surface area contributed by atoms with Crippen molar-refractivity contribution in [2.24, 2.45) is 5.92 Å². The average molecular weight is 157 g/mol. The molecular weight excluding hydrogens is 146 g/mol. The second kappa shape index (κ2) is 3.10. The highest BCUT2D eigenvalue weighted by atomic mass is 32.1. The van der Waals surface area contributed by atoms with Gasteiger partial charge in [0.05, 0.1) is 5.92 Å². The van der Waals surface area contributed by atoms with Gasteiger partial charge in [-0.2, -0.15) is 0 Å². The number of amides is 1. The summed E-state index contributed by atoms with van der Waals surface area (Å²) in [5.41, 5.74) is 0. The third kappa shape index (κ3) is 1.34. The van der Waals surface area contributed by atoms with E-state index in [4.69, 9.17) is 12.2 Å². The first-order valence-electron chi connectivity index (χ1n) is 3.50. The van der Waals surface area contributed by atoms with Crippen molar-refractivity contribution in [3.8, 4) is 0 Å². The molecule has 2 nitrogen and oxygen atoms in total. The zero-order valence-corrected chi connectivity index (χ0v) is 6.83. The van der Waals surface area contributed by atoms with E-state index in [1.54, 1.807) is 7.05 Å². The van der Waals surface area contributed by atoms with Crippen molar-refractivity contribution in [2.75, 3.05) is 7.05 Å². The van der Waals surface area contributed by atoms with Gasteiger partial charge in [0.25, 0.3) is 0 Å². The smallest absolute Gasteiger partial charge is 0.227 e. The molecule has 0 heterocycles. The molecule has 1 rings (SSSR count). The van der Waals surface area contributed by atoms with Crippen LogP contribution in [-0.2, 0) is 4.79 Å². The molecule has 1 aliphatic carbocycles. The van der Waals surface area contributed by atoms with Crippen molar-refractivity contribution in [1.29, 1.82) is 0 Å². The summed E-state index contributed by atoms with van der Waals surface area (Å²) < 4.78 is 0. The van der Waals surface area contributed by atoms with Crippen molar-refractivity contribution in [3.63, 3.8) is 0 Å². The minimum atomic E-state index is 0.0278. The molecule has 0 saturated heterocycles. The van der Waals surface area contributed by atoms with Crippen molar-refractivity contribution in [3.05, 3.63) is 0 Å². The topological polar surface area (TPSA) is 29.1 Å². The standard InChI is InChI=1S/C7H11NOS/c1-8-7(9)5-3-2-4-6(5)10/h5H,2-4H2,1H3,(H,8,9). The fourth-order valence-corrected chi connectivity index (χ4v) is 1.64. The van der Waals surface area contributed by atoms with Crippen molar-refractivity contribution < 1.29 is 4.79 Å². The van der Waals surface area contributed by atoms with E-state index in [0.717, 1.165) is 24.1 Å². The van der Waals surface area contributed by atoms with E-state index < -0.39 is 0 Å². The van der Waals surface area contributed by atoms with E-state index in [-0.39, 0.29) is 11.8 Å². The van der Waals surface area contributed by atoms with E-state index in [1.807, 2.05) is 0 Å². The highest BCUT2D eigenvalue weighted by Gasteiger charge is 2.26. The van der Waals surface area contributed by atoms with Crippen LogP contribution in [0, 0.1) is 5.92 Å². The van der Waals surface area contributed by atoms with Gasteiger partial charge in [0.2, 0.25) is 5.91 Å². The molecule has 0 bridgehead atoms. The Morgan fingerprint density at radius 2 is 2.50 bits per heavy atom. The summed E-state index contributed by atoms with van der Waals surface area (Å²) in [4.78, 5) is 12.0. The molecule has 0 spiro atoms. The van der Waals surface area contributed by atoms with Gasteiger partial charge in [-0.1, -0.05) is 12.2 Å². The molecule has 1 N–H and O–H groups in total. The van der Waals surface area contributed by atoms with Crippen LogP contribution >= 0.6 is 12.2 Å². The number of hydrogen-bond donors (Lipinski definition) is 1. The van der Waals surface area contributed by atoms with Gasteiger partial charge in [-0.15, -0.1) is 0 Å². The Morgan fingerprint density at radius 3 is 2.90 bits per heavy atom. The summed E-state index contributed by atoms with van der Waals surface area (Å²) >= 11 is 5.02. The quantitative estimate of drug-likeness (QED) is 0.573. The molecule has 0 aromatic carbocycles. The predicted molar refractivity (Wildman–Crippen MR) is 44.0 cm³/mol. The Bertz CT molecular complexity index is 167. The Labute approximate surface area is 66.0 Å². The maximum Gasteiger partial charge on any atom is 0.227 e. The van der Waals surface area contributed by atoms with Gasteiger partial charge in [-0.3, -0.25) is 4.79 Å². The lowest BCUT2D eigenvalue weighted by Crippen LogP contribution is -2.28. The number of thiocarbonyl (C=S) groups is 1. The molecule has 1 unspecified atom stereocenters. The van der Waals surface area contributed by atoms with Crippen LogP contribution in [0.15, 0.2) is 0 Å². The molecule has 56 valence electrons. The number of rotatable bonds is 1. The molecule has 1 saturated carbocycles. The molecular formula is C7H11NOS. The first-order chi connectivity index (χ1) is 4.75. The molecule has 3 heteroatoms. The van der Waals surface area contributed by atoms with Crippen molar-refractivity contribution in [2.45, 2.75) is 19.3 Å². The van der Waals surface area contributed by atoms with Crippen LogP contribution in [0.3, 0.4) is 0 Å². The largest absolute Gasteiger partial charge is 0.359 e. The number of nitrogens with one attached hydrogen (secondary N) is 1. The second-order valence-corrected chi connectivity index (χ2v) is 3.05. The SMILES string of the molecule is CNC(=O)C1CCCC1=S. The maximum atomic E-state index is 11.0. The van der Waals surface area contributed by atoms with Crippen LogP contribution in [0.25, 0.3) is 0 Å². The number of hydrogen-bond acceptors (Lipinski definition) is 2. The average Bonchev–Trinajstić information content (AvgIpc) is 2.34. The Balaban J connectivity index is 2.55. The zero-order valence-electron chi connectivity index (χ0n) is 6.02. The summed E-state index contributed by atoms with van der Waals surface area (Å²) in [5.74, 6) is 0.113. The first-order valence-corrected chi connectivity index (χ1v) is 3.91. The molecule has 0 aromatic heterocycles. The van der Waals surface area contributed by atoms with Crippen LogP contribution in [0.2, 0.25) is 0 Å². The fraction of sp³-hybridized carbons (Fsp3) is 0.714. The van der Waals surface area contributed by atoms with Crippen LogP contribution in [0.5, 0.6) is 0 Å². The summed E-state index contributed by atoms with van der Waals surface area (Å²) in [6.07, 6.45) is 2.98. The molecule has 1 amide bonds. The Hall–Kier alpha value is -0.440. The molecule has 0 aliphatic heterocycles. The highest BCUT2D eigenvalue weighted by molar-refractivity contribution is 7.80. The number of carbonyl (C=O) groups excluding carboxylic acids is 1. The molecule has 0 aromatic rings. The highest BCUT2D eigenvalue weighted by Crippen LogP contribution is 2.22. The van der Waals surface area contributed by atoms with E-state index in [9.17, 15) is 4.79 Å². The minimum absolute atomic E-state index is 0.0278. The van der Waals surface area contributed by atoms with Gasteiger partial charge in [0, 0.05) is 11.9 Å². The van der Waals surface area contributed by atoms with Gasteiger partial charge in [-0.25, -0.2) is 0 Å². The van der Waals surface area contributed by atoms with Gasteiger partial charge in [0.1, 0.15) is 0 Å². The van der Waals surface area contributed by atoms with E-state index in [1.165, 1.54) is 0 Å². The predicted octanol–water partition coefficient (Wildman–Crippen LogP) is 0.902. The lowest BCUT2D eigenvalue weighted by atomic mass is 10.1. The molecule has 10 heavy (non-hydrogen) atoms. The van der Waals surface area contributed by atoms with Crippen LogP contribution < -0.4 is 5.32 Å².